The van der Waals surface area contributed by atoms with Crippen LogP contribution in [0.4, 0.5) is 0 Å². The van der Waals surface area contributed by atoms with Gasteiger partial charge in [-0.3, -0.25) is 19.9 Å². The zero-order chi connectivity index (χ0) is 85.7. The van der Waals surface area contributed by atoms with Gasteiger partial charge in [-0.05, 0) is 233 Å². The Morgan fingerprint density at radius 2 is 0.650 bits per heavy atom. The second-order valence-corrected chi connectivity index (χ2v) is 26.2. The molecule has 8 aromatic carbocycles. The molecule has 0 bridgehead atoms. The number of aromatic amines is 2. The number of pyridine rings is 4. The number of nitrogens with one attached hydrogen (secondary N) is 2. The van der Waals surface area contributed by atoms with Crippen molar-refractivity contribution in [3.63, 3.8) is 0 Å². The average Bonchev–Trinajstić information content (AvgIpc) is 1.04. The summed E-state index contributed by atoms with van der Waals surface area (Å²) < 4.78 is 30.9. The number of methoxy groups -OCH3 is 6. The number of rotatable bonds is 24. The largest absolute Gasteiger partial charge is 0.497 e. The molecule has 0 saturated heterocycles. The summed E-state index contributed by atoms with van der Waals surface area (Å²) in [6, 6.07) is 64.1. The van der Waals surface area contributed by atoms with Crippen molar-refractivity contribution in [3.8, 4) is 34.5 Å². The number of nitrogens with zero attached hydrogens (tertiary/aromatic N) is 4. The van der Waals surface area contributed by atoms with Crippen molar-refractivity contribution in [2.45, 2.75) is 0 Å². The summed E-state index contributed by atoms with van der Waals surface area (Å²) in [6.07, 6.45) is 38.8. The van der Waals surface area contributed by atoms with Crippen molar-refractivity contribution in [1.29, 1.82) is 0 Å². The molecule has 24 nitrogen and oxygen atoms in total. The minimum absolute atomic E-state index is 0.385. The van der Waals surface area contributed by atoms with Gasteiger partial charge in [0.05, 0.1) is 53.9 Å². The highest BCUT2D eigenvalue weighted by Gasteiger charge is 2.18. The maximum atomic E-state index is 9.34. The minimum Gasteiger partial charge on any atom is -0.497 e. The van der Waals surface area contributed by atoms with Crippen LogP contribution in [0.15, 0.2) is 268 Å². The lowest BCUT2D eigenvalue weighted by Gasteiger charge is -2.06. The number of aromatic nitrogens is 6. The van der Waals surface area contributed by atoms with Crippen LogP contribution >= 0.6 is 0 Å². The van der Waals surface area contributed by atoms with Crippen LogP contribution in [-0.4, -0.2) is 176 Å². The number of para-hydroxylation sites is 1. The van der Waals surface area contributed by atoms with Crippen LogP contribution in [0, 0.1) is 0 Å². The normalized spacial score (nSPS) is 10.9. The van der Waals surface area contributed by atoms with E-state index < -0.39 is 42.7 Å². The van der Waals surface area contributed by atoms with Crippen molar-refractivity contribution in [2.24, 2.45) is 0 Å². The Kier molecular flexibility index (Phi) is 35.5. The van der Waals surface area contributed by atoms with Gasteiger partial charge in [0.25, 0.3) is 0 Å². The first kappa shape index (κ1) is 90.5. The maximum absolute atomic E-state index is 9.34. The molecule has 0 saturated carbocycles. The zero-order valence-electron chi connectivity index (χ0n) is 66.4. The smallest absolute Gasteiger partial charge is 0.488 e. The Hall–Kier alpha value is -13.4. The topological polar surface area (TPSA) is 381 Å². The minimum atomic E-state index is -1.53. The number of ether oxygens (including phenoxy) is 6. The first-order valence-electron chi connectivity index (χ1n) is 37.2. The third-order valence-corrected chi connectivity index (χ3v) is 17.6. The number of H-pyrrole nitrogens is 2. The van der Waals surface area contributed by atoms with Crippen molar-refractivity contribution < 1.29 is 88.7 Å². The highest BCUT2D eigenvalue weighted by molar-refractivity contribution is 6.60. The van der Waals surface area contributed by atoms with Crippen molar-refractivity contribution >= 4 is 170 Å². The van der Waals surface area contributed by atoms with Gasteiger partial charge in [-0.2, -0.15) is 0 Å². The Labute approximate surface area is 697 Å². The van der Waals surface area contributed by atoms with E-state index in [1.807, 2.05) is 231 Å². The van der Waals surface area contributed by atoms with E-state index in [0.717, 1.165) is 88.7 Å². The Balaban J connectivity index is 0.000000164. The van der Waals surface area contributed by atoms with Gasteiger partial charge in [-0.25, -0.2) is 0 Å². The monoisotopic (exact) mass is 1610 g/mol. The second-order valence-electron chi connectivity index (χ2n) is 26.2. The molecule has 0 fully saturated rings. The van der Waals surface area contributed by atoms with E-state index >= 15 is 0 Å². The highest BCUT2D eigenvalue weighted by atomic mass is 16.5. The molecule has 14 rings (SSSR count). The Morgan fingerprint density at radius 3 is 1.04 bits per heavy atom. The van der Waals surface area contributed by atoms with Gasteiger partial charge >= 0.3 is 42.7 Å². The predicted molar refractivity (Wildman–Crippen MR) is 484 cm³/mol. The maximum Gasteiger partial charge on any atom is 0.488 e. The highest BCUT2D eigenvalue weighted by Crippen LogP contribution is 2.23. The molecular formula is C90H88B6N6O18. The molecule has 0 amide bonds. The lowest BCUT2D eigenvalue weighted by atomic mass is 9.79. The van der Waals surface area contributed by atoms with Crippen LogP contribution in [0.25, 0.3) is 94.6 Å². The molecule has 0 aliphatic heterocycles. The van der Waals surface area contributed by atoms with E-state index in [4.69, 9.17) is 28.4 Å². The molecule has 0 spiro atoms. The van der Waals surface area contributed by atoms with E-state index in [-0.39, 0.29) is 0 Å². The third-order valence-electron chi connectivity index (χ3n) is 17.6. The third kappa shape index (κ3) is 29.6. The molecule has 0 radical (unpaired) electrons. The summed E-state index contributed by atoms with van der Waals surface area (Å²) in [5.41, 5.74) is 14.1. The van der Waals surface area contributed by atoms with Crippen molar-refractivity contribution in [3.05, 3.63) is 335 Å². The van der Waals surface area contributed by atoms with Crippen LogP contribution in [-0.2, 0) is 0 Å². The molecule has 6 heterocycles. The standard InChI is InChI=1S/2C18H16BNO3.2C14H14BNO3.2C13H14BNO3/c1-23-17-10-13(9-16(11-17)19(21)22)6-7-14-8-15-4-2-3-5-18(15)20-12-14;1-23-18-9-13(8-16(11-18)19(21)22)6-7-17-10-14-4-2-3-5-15(14)12-20-17;1-19-14-9-12(8-13(10-14)15(17)18)3-2-11-4-6-16-7-5-11;1-19-14-8-12(7-13(9-14)15(17)18)5-4-11-3-2-6-16-10-11;1-18-13-7-11(6-12(8-13)14(16)17)3-2-10-4-5-15-9-10;1-18-13-8-10(7-11(9-13)14(16)17)4-5-12-3-2-6-15-12/h2*2-12,21-22H,1H3;2*2-10,17-18H,1H3;2*2-9,15-17H,1H3/b2*7-6+;3-2+;5-4+;3-2+;5-4+. The first-order chi connectivity index (χ1) is 58.0. The molecule has 0 aliphatic carbocycles. The van der Waals surface area contributed by atoms with Crippen LogP contribution in [0.1, 0.15) is 67.0 Å². The number of fused-ring (bicyclic) bond motifs is 2. The van der Waals surface area contributed by atoms with Crippen LogP contribution in [0.3, 0.4) is 0 Å². The summed E-state index contributed by atoms with van der Waals surface area (Å²) in [7, 11) is 0.169. The summed E-state index contributed by atoms with van der Waals surface area (Å²) >= 11 is 0. The fourth-order valence-electron chi connectivity index (χ4n) is 11.4. The first-order valence-corrected chi connectivity index (χ1v) is 37.2. The van der Waals surface area contributed by atoms with Gasteiger partial charge in [0.1, 0.15) is 34.5 Å². The van der Waals surface area contributed by atoms with Crippen molar-refractivity contribution in [2.75, 3.05) is 42.7 Å². The predicted octanol–water partition coefficient (Wildman–Crippen LogP) is 7.82. The molecular weight excluding hydrogens is 1520 g/mol. The summed E-state index contributed by atoms with van der Waals surface area (Å²) in [6.45, 7) is 0. The summed E-state index contributed by atoms with van der Waals surface area (Å²) in [4.78, 5) is 22.8. The molecule has 30 heteroatoms. The van der Waals surface area contributed by atoms with E-state index in [1.54, 1.807) is 139 Å². The van der Waals surface area contributed by atoms with E-state index in [9.17, 15) is 60.3 Å². The van der Waals surface area contributed by atoms with Gasteiger partial charge in [0.2, 0.25) is 0 Å². The number of benzene rings is 8. The molecule has 0 aliphatic rings. The Morgan fingerprint density at radius 1 is 0.267 bits per heavy atom. The summed E-state index contributed by atoms with van der Waals surface area (Å²) in [5, 5.41) is 114. The van der Waals surface area contributed by atoms with Crippen molar-refractivity contribution in [1.82, 2.24) is 29.9 Å². The quantitative estimate of drug-likeness (QED) is 0.0256. The molecule has 6 aromatic heterocycles. The molecule has 14 aromatic rings. The average molecular weight is 1610 g/mol. The van der Waals surface area contributed by atoms with Gasteiger partial charge < -0.3 is 98.7 Å². The number of hydrogen-bond acceptors (Lipinski definition) is 22. The number of hydrogen-bond donors (Lipinski definition) is 14. The second kappa shape index (κ2) is 47.1. The fraction of sp³-hybridized carbons (Fsp3) is 0.0667. The fourth-order valence-corrected chi connectivity index (χ4v) is 11.4. The van der Waals surface area contributed by atoms with E-state index in [2.05, 4.69) is 36.0 Å². The van der Waals surface area contributed by atoms with Crippen LogP contribution < -0.4 is 61.2 Å². The molecule has 120 heavy (non-hydrogen) atoms. The lowest BCUT2D eigenvalue weighted by molar-refractivity contribution is 0.412. The van der Waals surface area contributed by atoms with Gasteiger partial charge in [0, 0.05) is 72.2 Å². The molecule has 0 atom stereocenters. The lowest BCUT2D eigenvalue weighted by Crippen LogP contribution is -2.29. The van der Waals surface area contributed by atoms with Gasteiger partial charge in [-0.1, -0.05) is 146 Å². The molecule has 604 valence electrons. The van der Waals surface area contributed by atoms with E-state index in [0.29, 0.717) is 67.3 Å². The van der Waals surface area contributed by atoms with E-state index in [1.165, 1.54) is 7.11 Å². The zero-order valence-corrected chi connectivity index (χ0v) is 66.4. The summed E-state index contributed by atoms with van der Waals surface area (Å²) in [5.74, 6) is 3.49. The molecule has 0 unspecified atom stereocenters. The van der Waals surface area contributed by atoms with Gasteiger partial charge in [0.15, 0.2) is 0 Å². The van der Waals surface area contributed by atoms with Gasteiger partial charge in [-0.15, -0.1) is 0 Å². The van der Waals surface area contributed by atoms with Crippen LogP contribution in [0.5, 0.6) is 34.5 Å². The molecule has 14 N–H and O–H groups in total. The Bertz CT molecular complexity index is 5380. The SMILES string of the molecule is COc1cc(/C=C/c2cc3ccccc3cn2)cc(B(O)O)c1.COc1cc(/C=C/c2cc[nH]c2)cc(B(O)O)c1.COc1cc(/C=C/c2ccc[nH]2)cc(B(O)O)c1.COc1cc(/C=C/c2cccnc2)cc(B(O)O)c1.COc1cc(/C=C/c2ccncc2)cc(B(O)O)c1.COc1cc(/C=C/c2cnc3ccccc3c2)cc(B(O)O)c1. The van der Waals surface area contributed by atoms with Crippen LogP contribution in [0.2, 0.25) is 0 Å².